The quantitative estimate of drug-likeness (QED) is 0.740. The van der Waals surface area contributed by atoms with Gasteiger partial charge in [0.05, 0.1) is 18.7 Å². The van der Waals surface area contributed by atoms with E-state index in [1.165, 1.54) is 14.0 Å². The van der Waals surface area contributed by atoms with Crippen LogP contribution in [0.25, 0.3) is 0 Å². The highest BCUT2D eigenvalue weighted by molar-refractivity contribution is 6.31. The Morgan fingerprint density at radius 1 is 1.60 bits per heavy atom. The van der Waals surface area contributed by atoms with E-state index in [9.17, 15) is 4.79 Å². The highest BCUT2D eigenvalue weighted by Gasteiger charge is 2.17. The number of benzene rings is 1. The van der Waals surface area contributed by atoms with E-state index in [1.54, 1.807) is 18.2 Å². The van der Waals surface area contributed by atoms with Crippen molar-refractivity contribution in [2.75, 3.05) is 7.11 Å². The summed E-state index contributed by atoms with van der Waals surface area (Å²) in [6, 6.07) is 6.86. The molecule has 1 aromatic rings. The van der Waals surface area contributed by atoms with Crippen molar-refractivity contribution in [1.29, 1.82) is 5.26 Å². The lowest BCUT2D eigenvalue weighted by atomic mass is 10.0. The molecule has 0 aromatic heterocycles. The van der Waals surface area contributed by atoms with Crippen LogP contribution in [0.3, 0.4) is 0 Å². The molecule has 0 saturated heterocycles. The Morgan fingerprint density at radius 2 is 2.27 bits per heavy atom. The van der Waals surface area contributed by atoms with E-state index in [2.05, 4.69) is 0 Å². The molecule has 0 heterocycles. The normalized spacial score (nSPS) is 11.6. The first-order chi connectivity index (χ1) is 7.10. The molecule has 0 aliphatic rings. The van der Waals surface area contributed by atoms with Crippen LogP contribution in [0.4, 0.5) is 0 Å². The Morgan fingerprint density at radius 3 is 2.73 bits per heavy atom. The van der Waals surface area contributed by atoms with E-state index in [0.717, 1.165) is 0 Å². The Kier molecular flexibility index (Phi) is 3.70. The smallest absolute Gasteiger partial charge is 0.152 e. The largest absolute Gasteiger partial charge is 0.497 e. The van der Waals surface area contributed by atoms with Gasteiger partial charge in [0, 0.05) is 0 Å². The third-order valence-corrected chi connectivity index (χ3v) is 2.55. The molecule has 0 aliphatic heterocycles. The molecule has 0 aliphatic carbocycles. The first kappa shape index (κ1) is 11.5. The fourth-order valence-electron chi connectivity index (χ4n) is 1.20. The summed E-state index contributed by atoms with van der Waals surface area (Å²) >= 11 is 5.88. The van der Waals surface area contributed by atoms with Gasteiger partial charge in [-0.2, -0.15) is 5.26 Å². The van der Waals surface area contributed by atoms with Gasteiger partial charge in [-0.1, -0.05) is 6.07 Å². The second-order valence-electron chi connectivity index (χ2n) is 3.04. The van der Waals surface area contributed by atoms with Crippen LogP contribution < -0.4 is 4.74 Å². The zero-order valence-corrected chi connectivity index (χ0v) is 9.21. The van der Waals surface area contributed by atoms with Crippen LogP contribution in [0.1, 0.15) is 23.4 Å². The molecule has 3 nitrogen and oxygen atoms in total. The topological polar surface area (TPSA) is 50.1 Å². The molecule has 0 saturated carbocycles. The average molecular weight is 224 g/mol. The number of hydrogen-bond donors (Lipinski definition) is 0. The summed E-state index contributed by atoms with van der Waals surface area (Å²) in [7, 11) is 1.51. The summed E-state index contributed by atoms with van der Waals surface area (Å²) in [6.45, 7) is 1.39. The Bertz CT molecular complexity index is 423. The molecule has 15 heavy (non-hydrogen) atoms. The molecule has 4 heteroatoms. The Labute approximate surface area is 93.2 Å². The van der Waals surface area contributed by atoms with E-state index in [4.69, 9.17) is 21.6 Å². The molecule has 0 spiro atoms. The fourth-order valence-corrected chi connectivity index (χ4v) is 1.39. The number of ether oxygens (including phenoxy) is 1. The lowest BCUT2D eigenvalue weighted by Gasteiger charge is -2.09. The Hall–Kier alpha value is -1.53. The van der Waals surface area contributed by atoms with Gasteiger partial charge in [-0.15, -0.1) is 11.6 Å². The number of nitrogens with zero attached hydrogens (tertiary/aromatic N) is 1. The monoisotopic (exact) mass is 223 g/mol. The van der Waals surface area contributed by atoms with Crippen LogP contribution in [-0.2, 0) is 4.79 Å². The van der Waals surface area contributed by atoms with Crippen molar-refractivity contribution in [3.8, 4) is 11.8 Å². The number of ketones is 1. The first-order valence-electron chi connectivity index (χ1n) is 4.32. The van der Waals surface area contributed by atoms with Gasteiger partial charge in [-0.05, 0) is 24.6 Å². The number of carbonyl (C=O) groups is 1. The van der Waals surface area contributed by atoms with Crippen LogP contribution >= 0.6 is 11.6 Å². The number of Topliss-reactive ketones (excluding diaryl/α,β-unsaturated/α-hetero) is 1. The van der Waals surface area contributed by atoms with Crippen LogP contribution in [-0.4, -0.2) is 12.9 Å². The molecule has 0 fully saturated rings. The van der Waals surface area contributed by atoms with Gasteiger partial charge in [0.1, 0.15) is 11.1 Å². The first-order valence-corrected chi connectivity index (χ1v) is 4.76. The maximum absolute atomic E-state index is 11.1. The molecule has 1 aromatic carbocycles. The minimum absolute atomic E-state index is 0.182. The van der Waals surface area contributed by atoms with Gasteiger partial charge in [-0.25, -0.2) is 0 Å². The zero-order valence-electron chi connectivity index (χ0n) is 8.45. The second kappa shape index (κ2) is 4.81. The molecule has 1 rings (SSSR count). The SMILES string of the molecule is COc1ccc(C(Cl)C(C)=O)c(C#N)c1. The predicted octanol–water partition coefficient (Wildman–Crippen LogP) is 2.44. The van der Waals surface area contributed by atoms with Crippen LogP contribution in [0, 0.1) is 11.3 Å². The van der Waals surface area contributed by atoms with Gasteiger partial charge in [-0.3, -0.25) is 4.79 Å². The van der Waals surface area contributed by atoms with Gasteiger partial charge < -0.3 is 4.74 Å². The number of nitriles is 1. The fraction of sp³-hybridized carbons (Fsp3) is 0.273. The van der Waals surface area contributed by atoms with Gasteiger partial charge in [0.15, 0.2) is 5.78 Å². The molecular weight excluding hydrogens is 214 g/mol. The molecule has 1 atom stereocenters. The minimum atomic E-state index is -0.773. The summed E-state index contributed by atoms with van der Waals surface area (Å²) in [5, 5.41) is 8.12. The van der Waals surface area contributed by atoms with Gasteiger partial charge in [0.25, 0.3) is 0 Å². The van der Waals surface area contributed by atoms with Gasteiger partial charge in [0.2, 0.25) is 0 Å². The summed E-state index contributed by atoms with van der Waals surface area (Å²) in [5.41, 5.74) is 0.886. The molecule has 78 valence electrons. The summed E-state index contributed by atoms with van der Waals surface area (Å²) in [5.74, 6) is 0.390. The lowest BCUT2D eigenvalue weighted by molar-refractivity contribution is -0.116. The van der Waals surface area contributed by atoms with Crippen LogP contribution in [0.2, 0.25) is 0 Å². The minimum Gasteiger partial charge on any atom is -0.497 e. The van der Waals surface area contributed by atoms with E-state index >= 15 is 0 Å². The maximum atomic E-state index is 11.1. The molecule has 1 unspecified atom stereocenters. The number of methoxy groups -OCH3 is 1. The lowest BCUT2D eigenvalue weighted by Crippen LogP contribution is -2.04. The number of alkyl halides is 1. The summed E-state index contributed by atoms with van der Waals surface area (Å²) < 4.78 is 4.97. The van der Waals surface area contributed by atoms with E-state index in [1.807, 2.05) is 6.07 Å². The molecule has 0 bridgehead atoms. The molecule has 0 radical (unpaired) electrons. The second-order valence-corrected chi connectivity index (χ2v) is 3.47. The van der Waals surface area contributed by atoms with Gasteiger partial charge >= 0.3 is 0 Å². The standard InChI is InChI=1S/C11H10ClNO2/c1-7(14)11(12)10-4-3-9(15-2)5-8(10)6-13/h3-5,11H,1-2H3. The number of hydrogen-bond acceptors (Lipinski definition) is 3. The van der Waals surface area contributed by atoms with Crippen molar-refractivity contribution < 1.29 is 9.53 Å². The molecule has 0 amide bonds. The van der Waals surface area contributed by atoms with Crippen LogP contribution in [0.5, 0.6) is 5.75 Å². The summed E-state index contributed by atoms with van der Waals surface area (Å²) in [4.78, 5) is 11.1. The van der Waals surface area contributed by atoms with Crippen molar-refractivity contribution >= 4 is 17.4 Å². The van der Waals surface area contributed by atoms with E-state index in [0.29, 0.717) is 16.9 Å². The van der Waals surface area contributed by atoms with Crippen molar-refractivity contribution in [3.05, 3.63) is 29.3 Å². The zero-order chi connectivity index (χ0) is 11.4. The summed E-state index contributed by atoms with van der Waals surface area (Å²) in [6.07, 6.45) is 0. The average Bonchev–Trinajstić information content (AvgIpc) is 2.27. The third-order valence-electron chi connectivity index (χ3n) is 2.01. The number of carbonyl (C=O) groups excluding carboxylic acids is 1. The molecule has 0 N–H and O–H groups in total. The third kappa shape index (κ3) is 2.48. The van der Waals surface area contributed by atoms with Crippen molar-refractivity contribution in [2.24, 2.45) is 0 Å². The predicted molar refractivity (Wildman–Crippen MR) is 57.0 cm³/mol. The Balaban J connectivity index is 3.20. The molecular formula is C11H10ClNO2. The maximum Gasteiger partial charge on any atom is 0.152 e. The van der Waals surface area contributed by atoms with Crippen molar-refractivity contribution in [1.82, 2.24) is 0 Å². The van der Waals surface area contributed by atoms with E-state index < -0.39 is 5.38 Å². The van der Waals surface area contributed by atoms with E-state index in [-0.39, 0.29) is 5.78 Å². The number of halogens is 1. The highest BCUT2D eigenvalue weighted by atomic mass is 35.5. The highest BCUT2D eigenvalue weighted by Crippen LogP contribution is 2.27. The van der Waals surface area contributed by atoms with Crippen molar-refractivity contribution in [2.45, 2.75) is 12.3 Å². The number of rotatable bonds is 3. The van der Waals surface area contributed by atoms with Crippen molar-refractivity contribution in [3.63, 3.8) is 0 Å². The van der Waals surface area contributed by atoms with Crippen LogP contribution in [0.15, 0.2) is 18.2 Å².